The van der Waals surface area contributed by atoms with Crippen LogP contribution in [0.5, 0.6) is 0 Å². The number of aryl methyl sites for hydroxylation is 1. The van der Waals surface area contributed by atoms with Gasteiger partial charge in [0.25, 0.3) is 0 Å². The molecule has 0 bridgehead atoms. The third kappa shape index (κ3) is 8.10. The fourth-order valence-electron chi connectivity index (χ4n) is 4.99. The van der Waals surface area contributed by atoms with E-state index in [4.69, 9.17) is 0 Å². The van der Waals surface area contributed by atoms with Crippen molar-refractivity contribution in [1.29, 1.82) is 0 Å². The Morgan fingerprint density at radius 1 is 0.348 bits per heavy atom. The second-order valence-electron chi connectivity index (χ2n) is 10.8. The van der Waals surface area contributed by atoms with Crippen molar-refractivity contribution in [3.05, 3.63) is 184 Å². The Bertz CT molecular complexity index is 1640. The van der Waals surface area contributed by atoms with Crippen LogP contribution in [0, 0.1) is 27.6 Å². The molecule has 6 rings (SSSR count). The number of hydrogen-bond acceptors (Lipinski definition) is 0. The molecule has 0 aliphatic carbocycles. The van der Waals surface area contributed by atoms with Crippen LogP contribution in [0.1, 0.15) is 5.56 Å². The van der Waals surface area contributed by atoms with E-state index in [2.05, 4.69) is 0 Å². The van der Waals surface area contributed by atoms with Crippen LogP contribution in [0.15, 0.2) is 158 Å². The molecule has 7 heteroatoms. The first-order valence-corrected chi connectivity index (χ1v) is 14.3. The van der Waals surface area contributed by atoms with Crippen molar-refractivity contribution in [2.75, 3.05) is 0 Å². The topological polar surface area (TPSA) is 0 Å². The summed E-state index contributed by atoms with van der Waals surface area (Å²) in [5.74, 6) is -0.519. The zero-order chi connectivity index (χ0) is 31.2. The van der Waals surface area contributed by atoms with Crippen molar-refractivity contribution in [2.24, 2.45) is 0 Å². The van der Waals surface area contributed by atoms with E-state index in [0.29, 0.717) is 0 Å². The van der Waals surface area contributed by atoms with Gasteiger partial charge in [-0.1, -0.05) is 151 Å². The lowest BCUT2D eigenvalue weighted by atomic mass is 9.53. The fraction of sp³-hybridized carbons (Fsp3) is 0.0256. The lowest BCUT2D eigenvalue weighted by Crippen LogP contribution is -2.50. The Morgan fingerprint density at radius 2 is 0.609 bits per heavy atom. The van der Waals surface area contributed by atoms with Crippen LogP contribution in [-0.2, 0) is 0 Å². The van der Waals surface area contributed by atoms with Crippen LogP contribution >= 0.6 is 0 Å². The van der Waals surface area contributed by atoms with E-state index in [-0.39, 0.29) is 36.7 Å². The molecule has 0 aliphatic rings. The minimum absolute atomic E-state index is 0. The molecule has 0 N–H and O–H groups in total. The summed E-state index contributed by atoms with van der Waals surface area (Å²) in [6.07, 6.45) is 0. The maximum absolute atomic E-state index is 14.6. The summed E-state index contributed by atoms with van der Waals surface area (Å²) in [4.78, 5) is 0. The number of halogens is 5. The Kier molecular flexibility index (Phi) is 11.7. The highest BCUT2D eigenvalue weighted by atomic mass is 19.2. The molecule has 0 saturated heterocycles. The molecule has 0 spiro atoms. The molecular weight excluding hydrogens is 585 g/mol. The van der Waals surface area contributed by atoms with E-state index >= 15 is 0 Å². The quantitative estimate of drug-likeness (QED) is 0.0991. The van der Waals surface area contributed by atoms with Crippen molar-refractivity contribution in [2.45, 2.75) is 6.92 Å². The van der Waals surface area contributed by atoms with Gasteiger partial charge in [0.1, 0.15) is 5.82 Å². The smallest absolute Gasteiger partial charge is 0.361 e. The summed E-state index contributed by atoms with van der Waals surface area (Å²) < 4.78 is 71.1. The second kappa shape index (κ2) is 15.2. The summed E-state index contributed by atoms with van der Waals surface area (Å²) in [5, 5.41) is 0. The molecular formula is C39H35B2F5. The SMILES string of the molecule is Cc1ccc([B-](F)(F)c2ccc(-c3ccccc3)cc2)cc1.Fc1ccc([B-](F)(F)c2ccc(-c3ccccc3)cc2)cc1.[CH3+].[CH3+]. The Hall–Kier alpha value is -5.16. The van der Waals surface area contributed by atoms with Gasteiger partial charge in [0.15, 0.2) is 0 Å². The van der Waals surface area contributed by atoms with E-state index in [1.165, 1.54) is 36.4 Å². The largest absolute Gasteiger partial charge is 0.469 e. The lowest BCUT2D eigenvalue weighted by Gasteiger charge is -2.26. The molecule has 46 heavy (non-hydrogen) atoms. The molecule has 0 saturated carbocycles. The van der Waals surface area contributed by atoms with Crippen LogP contribution in [-0.4, -0.2) is 13.4 Å². The monoisotopic (exact) mass is 620 g/mol. The molecule has 0 unspecified atom stereocenters. The first-order chi connectivity index (χ1) is 21.1. The van der Waals surface area contributed by atoms with E-state index < -0.39 is 19.2 Å². The zero-order valence-electron chi connectivity index (χ0n) is 26.1. The first-order valence-electron chi connectivity index (χ1n) is 14.3. The van der Waals surface area contributed by atoms with Crippen LogP contribution in [0.25, 0.3) is 22.3 Å². The van der Waals surface area contributed by atoms with Gasteiger partial charge in [0, 0.05) is 14.9 Å². The van der Waals surface area contributed by atoms with Crippen molar-refractivity contribution in [1.82, 2.24) is 0 Å². The predicted molar refractivity (Wildman–Crippen MR) is 189 cm³/mol. The van der Waals surface area contributed by atoms with Crippen LogP contribution in [0.2, 0.25) is 0 Å². The van der Waals surface area contributed by atoms with Crippen molar-refractivity contribution < 1.29 is 21.7 Å². The second-order valence-corrected chi connectivity index (χ2v) is 10.8. The molecule has 0 radical (unpaired) electrons. The molecule has 0 aromatic heterocycles. The summed E-state index contributed by atoms with van der Waals surface area (Å²) in [6, 6.07) is 43.0. The summed E-state index contributed by atoms with van der Waals surface area (Å²) in [7, 11) is 0. The highest BCUT2D eigenvalue weighted by Crippen LogP contribution is 2.20. The highest BCUT2D eigenvalue weighted by Gasteiger charge is 2.28. The van der Waals surface area contributed by atoms with Crippen molar-refractivity contribution >= 4 is 35.3 Å². The van der Waals surface area contributed by atoms with Crippen molar-refractivity contribution in [3.8, 4) is 22.3 Å². The molecule has 0 fully saturated rings. The summed E-state index contributed by atoms with van der Waals surface area (Å²) in [6.45, 7) is -5.70. The van der Waals surface area contributed by atoms with Crippen molar-refractivity contribution in [3.63, 3.8) is 0 Å². The lowest BCUT2D eigenvalue weighted by molar-refractivity contribution is 0.627. The maximum atomic E-state index is 14.6. The van der Waals surface area contributed by atoms with Gasteiger partial charge >= 0.3 is 13.4 Å². The van der Waals surface area contributed by atoms with E-state index in [0.717, 1.165) is 52.1 Å². The number of rotatable bonds is 6. The molecule has 0 amide bonds. The third-order valence-electron chi connectivity index (χ3n) is 7.66. The summed E-state index contributed by atoms with van der Waals surface area (Å²) in [5.41, 5.74) is 4.76. The maximum Gasteiger partial charge on any atom is 0.361 e. The van der Waals surface area contributed by atoms with Gasteiger partial charge in [-0.2, -0.15) is 0 Å². The predicted octanol–water partition coefficient (Wildman–Crippen LogP) is 9.05. The van der Waals surface area contributed by atoms with E-state index in [1.54, 1.807) is 36.4 Å². The molecule has 6 aromatic rings. The van der Waals surface area contributed by atoms with Gasteiger partial charge in [-0.05, 0) is 41.3 Å². The van der Waals surface area contributed by atoms with Gasteiger partial charge in [-0.25, -0.2) is 4.39 Å². The van der Waals surface area contributed by atoms with Gasteiger partial charge in [-0.15, -0.1) is 21.9 Å². The van der Waals surface area contributed by atoms with Gasteiger partial charge in [0.2, 0.25) is 0 Å². The molecule has 232 valence electrons. The summed E-state index contributed by atoms with van der Waals surface area (Å²) >= 11 is 0. The Morgan fingerprint density at radius 3 is 0.935 bits per heavy atom. The standard InChI is InChI=1S/C19H16BF2.C18H13BF3.2CH3/c1-15-7-11-18(12-8-15)20(21,22)19-13-9-17(10-14-19)16-5-3-2-4-6-16;20-18-12-10-17(11-13-18)19(21,22)16-8-6-15(7-9-16)14-4-2-1-3-5-14;;/h2-14H,1H3;1-13H;2*1H3/q2*-1;2*+1. The zero-order valence-corrected chi connectivity index (χ0v) is 26.1. The van der Waals surface area contributed by atoms with Crippen LogP contribution in [0.3, 0.4) is 0 Å². The first kappa shape index (κ1) is 35.3. The minimum Gasteiger partial charge on any atom is -0.469 e. The average Bonchev–Trinajstić information content (AvgIpc) is 3.06. The van der Waals surface area contributed by atoms with E-state index in [1.807, 2.05) is 67.6 Å². The van der Waals surface area contributed by atoms with Gasteiger partial charge < -0.3 is 17.3 Å². The average molecular weight is 620 g/mol. The van der Waals surface area contributed by atoms with E-state index in [9.17, 15) is 21.7 Å². The molecule has 0 aliphatic heterocycles. The molecule has 0 heterocycles. The Labute approximate surface area is 269 Å². The highest BCUT2D eigenvalue weighted by molar-refractivity contribution is 6.92. The number of benzene rings is 6. The van der Waals surface area contributed by atoms with Gasteiger partial charge in [-0.3, -0.25) is 0 Å². The fourth-order valence-corrected chi connectivity index (χ4v) is 4.99. The van der Waals surface area contributed by atoms with Crippen LogP contribution < -0.4 is 21.9 Å². The minimum atomic E-state index is -3.88. The Balaban J connectivity index is 0.000000240. The molecule has 6 aromatic carbocycles. The van der Waals surface area contributed by atoms with Crippen LogP contribution in [0.4, 0.5) is 21.7 Å². The van der Waals surface area contributed by atoms with Gasteiger partial charge in [0.05, 0.1) is 0 Å². The molecule has 0 nitrogen and oxygen atoms in total. The normalized spacial score (nSPS) is 10.9. The molecule has 0 atom stereocenters. The third-order valence-corrected chi connectivity index (χ3v) is 7.66. The number of hydrogen-bond donors (Lipinski definition) is 0.